The fraction of sp³-hybridized carbons (Fsp3) is 0.250. The zero-order chi connectivity index (χ0) is 15.8. The number of rotatable bonds is 7. The van der Waals surface area contributed by atoms with E-state index < -0.39 is 0 Å². The fourth-order valence-corrected chi connectivity index (χ4v) is 3.12. The molecule has 0 aromatic heterocycles. The number of benzene rings is 2. The van der Waals surface area contributed by atoms with Crippen LogP contribution >= 0.6 is 15.9 Å². The average molecular weight is 357 g/mol. The molecule has 114 valence electrons. The van der Waals surface area contributed by atoms with E-state index >= 15 is 0 Å². The van der Waals surface area contributed by atoms with E-state index in [1.807, 2.05) is 60.7 Å². The van der Waals surface area contributed by atoms with Gasteiger partial charge in [-0.15, -0.1) is 0 Å². The van der Waals surface area contributed by atoms with Crippen molar-refractivity contribution in [2.24, 2.45) is 0 Å². The van der Waals surface area contributed by atoms with Crippen molar-refractivity contribution in [3.63, 3.8) is 0 Å². The highest BCUT2D eigenvalue weighted by atomic mass is 79.9. The van der Waals surface area contributed by atoms with Crippen LogP contribution in [0.2, 0.25) is 0 Å². The molecular formula is C20H21BrO. The largest absolute Gasteiger partial charge is 0.294 e. The van der Waals surface area contributed by atoms with Crippen LogP contribution in [0.3, 0.4) is 0 Å². The fourth-order valence-electron chi connectivity index (χ4n) is 2.40. The molecule has 22 heavy (non-hydrogen) atoms. The van der Waals surface area contributed by atoms with Crippen molar-refractivity contribution in [2.45, 2.75) is 32.6 Å². The first-order valence-corrected chi connectivity index (χ1v) is 8.57. The van der Waals surface area contributed by atoms with E-state index in [0.29, 0.717) is 6.42 Å². The molecule has 0 spiro atoms. The Kier molecular flexibility index (Phi) is 6.60. The van der Waals surface area contributed by atoms with Gasteiger partial charge < -0.3 is 0 Å². The molecule has 2 heteroatoms. The lowest BCUT2D eigenvalue weighted by molar-refractivity contribution is -0.113. The molecule has 0 aliphatic carbocycles. The van der Waals surface area contributed by atoms with Gasteiger partial charge in [-0.05, 0) is 33.5 Å². The molecule has 0 bridgehead atoms. The Morgan fingerprint density at radius 1 is 0.864 bits per heavy atom. The van der Waals surface area contributed by atoms with E-state index in [1.165, 1.54) is 0 Å². The second-order valence-electron chi connectivity index (χ2n) is 5.30. The van der Waals surface area contributed by atoms with Crippen molar-refractivity contribution in [3.05, 3.63) is 71.8 Å². The summed E-state index contributed by atoms with van der Waals surface area (Å²) in [5.41, 5.74) is 2.79. The van der Waals surface area contributed by atoms with Crippen LogP contribution in [0, 0.1) is 0 Å². The molecule has 2 aromatic carbocycles. The van der Waals surface area contributed by atoms with Gasteiger partial charge in [-0.1, -0.05) is 80.4 Å². The second-order valence-corrected chi connectivity index (χ2v) is 6.09. The van der Waals surface area contributed by atoms with E-state index in [1.54, 1.807) is 0 Å². The molecule has 1 nitrogen and oxygen atoms in total. The van der Waals surface area contributed by atoms with Gasteiger partial charge in [0.05, 0.1) is 0 Å². The first kappa shape index (κ1) is 16.7. The highest BCUT2D eigenvalue weighted by molar-refractivity contribution is 9.15. The molecule has 0 heterocycles. The summed E-state index contributed by atoms with van der Waals surface area (Å²) >= 11 is 3.66. The van der Waals surface area contributed by atoms with Crippen molar-refractivity contribution in [2.75, 3.05) is 0 Å². The Bertz CT molecular complexity index is 629. The Hall–Kier alpha value is -1.67. The number of halogens is 1. The molecule has 0 aliphatic heterocycles. The van der Waals surface area contributed by atoms with Gasteiger partial charge in [0.15, 0.2) is 5.78 Å². The van der Waals surface area contributed by atoms with Gasteiger partial charge in [0.25, 0.3) is 0 Å². The molecule has 0 N–H and O–H groups in total. The van der Waals surface area contributed by atoms with E-state index in [9.17, 15) is 4.79 Å². The van der Waals surface area contributed by atoms with Crippen LogP contribution in [0.1, 0.15) is 43.7 Å². The molecule has 0 atom stereocenters. The quantitative estimate of drug-likeness (QED) is 0.332. The molecule has 2 aromatic rings. The maximum Gasteiger partial charge on any atom is 0.164 e. The minimum absolute atomic E-state index is 0.204. The first-order chi connectivity index (χ1) is 10.7. The number of ketones is 1. The van der Waals surface area contributed by atoms with Crippen molar-refractivity contribution in [1.82, 2.24) is 0 Å². The third-order valence-electron chi connectivity index (χ3n) is 3.60. The van der Waals surface area contributed by atoms with Crippen LogP contribution < -0.4 is 0 Å². The summed E-state index contributed by atoms with van der Waals surface area (Å²) < 4.78 is 0.876. The SMILES string of the molecule is CCCCCC(=O)/C(=C(\Br)c1ccccc1)c1ccccc1. The molecule has 0 radical (unpaired) electrons. The standard InChI is InChI=1S/C20H21BrO/c1-2-3-6-15-18(22)19(16-11-7-4-8-12-16)20(21)17-13-9-5-10-14-17/h4-5,7-14H,2-3,6,15H2,1H3/b20-19-. The number of carbonyl (C=O) groups excluding carboxylic acids is 1. The summed E-state index contributed by atoms with van der Waals surface area (Å²) in [6.45, 7) is 2.15. The van der Waals surface area contributed by atoms with Gasteiger partial charge in [-0.25, -0.2) is 0 Å². The minimum Gasteiger partial charge on any atom is -0.294 e. The van der Waals surface area contributed by atoms with Gasteiger partial charge in [-0.3, -0.25) is 4.79 Å². The Labute approximate surface area is 141 Å². The second kappa shape index (κ2) is 8.70. The highest BCUT2D eigenvalue weighted by Crippen LogP contribution is 2.32. The van der Waals surface area contributed by atoms with Crippen molar-refractivity contribution < 1.29 is 4.79 Å². The predicted molar refractivity (Wildman–Crippen MR) is 97.8 cm³/mol. The van der Waals surface area contributed by atoms with Crippen LogP contribution in [0.4, 0.5) is 0 Å². The molecule has 0 amide bonds. The van der Waals surface area contributed by atoms with Crippen LogP contribution in [0.15, 0.2) is 60.7 Å². The van der Waals surface area contributed by atoms with Gasteiger partial charge in [0.1, 0.15) is 0 Å². The molecule has 0 unspecified atom stereocenters. The molecule has 0 fully saturated rings. The minimum atomic E-state index is 0.204. The molecule has 0 saturated heterocycles. The van der Waals surface area contributed by atoms with Crippen LogP contribution in [-0.2, 0) is 4.79 Å². The molecule has 0 saturated carbocycles. The summed E-state index contributed by atoms with van der Waals surface area (Å²) in [7, 11) is 0. The average Bonchev–Trinajstić information content (AvgIpc) is 2.57. The number of hydrogen-bond acceptors (Lipinski definition) is 1. The van der Waals surface area contributed by atoms with Gasteiger partial charge in [-0.2, -0.15) is 0 Å². The van der Waals surface area contributed by atoms with Gasteiger partial charge in [0.2, 0.25) is 0 Å². The lowest BCUT2D eigenvalue weighted by Gasteiger charge is -2.11. The van der Waals surface area contributed by atoms with E-state index in [-0.39, 0.29) is 5.78 Å². The molecular weight excluding hydrogens is 336 g/mol. The van der Waals surface area contributed by atoms with Crippen molar-refractivity contribution in [3.8, 4) is 0 Å². The van der Waals surface area contributed by atoms with Gasteiger partial charge in [0, 0.05) is 16.5 Å². The zero-order valence-electron chi connectivity index (χ0n) is 12.9. The number of hydrogen-bond donors (Lipinski definition) is 0. The van der Waals surface area contributed by atoms with Crippen LogP contribution in [0.25, 0.3) is 10.1 Å². The topological polar surface area (TPSA) is 17.1 Å². The zero-order valence-corrected chi connectivity index (χ0v) is 14.5. The molecule has 0 aliphatic rings. The van der Waals surface area contributed by atoms with Crippen molar-refractivity contribution >= 4 is 31.8 Å². The number of Topliss-reactive ketones (excluding diaryl/α,β-unsaturated/α-hetero) is 1. The van der Waals surface area contributed by atoms with E-state index in [2.05, 4.69) is 22.9 Å². The Morgan fingerprint density at radius 2 is 1.41 bits per heavy atom. The molecule has 2 rings (SSSR count). The predicted octanol–water partition coefficient (Wildman–Crippen LogP) is 6.10. The Morgan fingerprint density at radius 3 is 1.95 bits per heavy atom. The third-order valence-corrected chi connectivity index (χ3v) is 4.45. The number of allylic oxidation sites excluding steroid dienone is 1. The third kappa shape index (κ3) is 4.41. The van der Waals surface area contributed by atoms with Crippen molar-refractivity contribution in [1.29, 1.82) is 0 Å². The number of carbonyl (C=O) groups is 1. The summed E-state index contributed by atoms with van der Waals surface area (Å²) in [5, 5.41) is 0. The summed E-state index contributed by atoms with van der Waals surface area (Å²) in [6, 6.07) is 19.9. The maximum absolute atomic E-state index is 12.7. The Balaban J connectivity index is 2.40. The normalized spacial score (nSPS) is 11.9. The van der Waals surface area contributed by atoms with Crippen LogP contribution in [0.5, 0.6) is 0 Å². The smallest absolute Gasteiger partial charge is 0.164 e. The number of unbranched alkanes of at least 4 members (excludes halogenated alkanes) is 2. The summed E-state index contributed by atoms with van der Waals surface area (Å²) in [6.07, 6.45) is 3.76. The highest BCUT2D eigenvalue weighted by Gasteiger charge is 2.16. The lowest BCUT2D eigenvalue weighted by atomic mass is 9.96. The summed E-state index contributed by atoms with van der Waals surface area (Å²) in [5.74, 6) is 0.204. The first-order valence-electron chi connectivity index (χ1n) is 7.78. The van der Waals surface area contributed by atoms with Crippen LogP contribution in [-0.4, -0.2) is 5.78 Å². The lowest BCUT2D eigenvalue weighted by Crippen LogP contribution is -2.03. The van der Waals surface area contributed by atoms with Gasteiger partial charge >= 0.3 is 0 Å². The monoisotopic (exact) mass is 356 g/mol. The summed E-state index contributed by atoms with van der Waals surface area (Å²) in [4.78, 5) is 12.7. The van der Waals surface area contributed by atoms with E-state index in [4.69, 9.17) is 0 Å². The van der Waals surface area contributed by atoms with E-state index in [0.717, 1.165) is 40.4 Å². The maximum atomic E-state index is 12.7.